The summed E-state index contributed by atoms with van der Waals surface area (Å²) in [5.74, 6) is -0.398. The first-order chi connectivity index (χ1) is 10.7. The molecule has 0 atom stereocenters. The fraction of sp³-hybridized carbons (Fsp3) is 0.438. The maximum atomic E-state index is 11.4. The molecule has 6 heteroatoms. The van der Waals surface area contributed by atoms with Crippen LogP contribution in [-0.4, -0.2) is 33.2 Å². The SMILES string of the molecule is CCCCCCn1nnc(C(=O)O)c1-c1cccc(OC)c1. The maximum absolute atomic E-state index is 11.4. The predicted molar refractivity (Wildman–Crippen MR) is 83.1 cm³/mol. The topological polar surface area (TPSA) is 77.2 Å². The molecule has 22 heavy (non-hydrogen) atoms. The van der Waals surface area contributed by atoms with Gasteiger partial charge >= 0.3 is 5.97 Å². The number of ether oxygens (including phenoxy) is 1. The largest absolute Gasteiger partial charge is 0.497 e. The number of hydrogen-bond acceptors (Lipinski definition) is 4. The van der Waals surface area contributed by atoms with E-state index in [9.17, 15) is 9.90 Å². The minimum Gasteiger partial charge on any atom is -0.497 e. The molecule has 1 heterocycles. The molecule has 0 aliphatic heterocycles. The molecule has 0 saturated heterocycles. The molecule has 2 rings (SSSR count). The van der Waals surface area contributed by atoms with Crippen LogP contribution in [0.3, 0.4) is 0 Å². The third kappa shape index (κ3) is 3.63. The van der Waals surface area contributed by atoms with Crippen LogP contribution >= 0.6 is 0 Å². The Morgan fingerprint density at radius 1 is 1.32 bits per heavy atom. The highest BCUT2D eigenvalue weighted by molar-refractivity contribution is 5.92. The van der Waals surface area contributed by atoms with Crippen LogP contribution in [0.5, 0.6) is 5.75 Å². The monoisotopic (exact) mass is 303 g/mol. The van der Waals surface area contributed by atoms with Gasteiger partial charge in [-0.2, -0.15) is 0 Å². The van der Waals surface area contributed by atoms with Gasteiger partial charge in [-0.05, 0) is 18.6 Å². The molecule has 0 bridgehead atoms. The summed E-state index contributed by atoms with van der Waals surface area (Å²) in [6, 6.07) is 7.29. The summed E-state index contributed by atoms with van der Waals surface area (Å²) in [5, 5.41) is 17.2. The van der Waals surface area contributed by atoms with Crippen molar-refractivity contribution in [2.75, 3.05) is 7.11 Å². The van der Waals surface area contributed by atoms with Crippen LogP contribution in [0.4, 0.5) is 0 Å². The Hall–Kier alpha value is -2.37. The lowest BCUT2D eigenvalue weighted by atomic mass is 10.1. The minimum absolute atomic E-state index is 0.0243. The van der Waals surface area contributed by atoms with Gasteiger partial charge in [-0.3, -0.25) is 0 Å². The summed E-state index contributed by atoms with van der Waals surface area (Å²) < 4.78 is 6.88. The number of carbonyl (C=O) groups is 1. The molecule has 1 aromatic heterocycles. The van der Waals surface area contributed by atoms with Crippen molar-refractivity contribution in [2.45, 2.75) is 39.2 Å². The molecule has 0 aliphatic carbocycles. The van der Waals surface area contributed by atoms with Crippen LogP contribution < -0.4 is 4.74 Å². The summed E-state index contributed by atoms with van der Waals surface area (Å²) in [4.78, 5) is 11.4. The molecule has 1 aromatic carbocycles. The Balaban J connectivity index is 2.33. The molecule has 0 spiro atoms. The molecule has 0 amide bonds. The summed E-state index contributed by atoms with van der Waals surface area (Å²) in [6.45, 7) is 2.81. The van der Waals surface area contributed by atoms with Gasteiger partial charge in [0.25, 0.3) is 0 Å². The van der Waals surface area contributed by atoms with Gasteiger partial charge in [0.1, 0.15) is 11.4 Å². The fourth-order valence-corrected chi connectivity index (χ4v) is 2.36. The zero-order chi connectivity index (χ0) is 15.9. The number of unbranched alkanes of at least 4 members (excludes halogenated alkanes) is 3. The lowest BCUT2D eigenvalue weighted by Crippen LogP contribution is -2.05. The van der Waals surface area contributed by atoms with E-state index in [0.717, 1.165) is 31.2 Å². The Labute approximate surface area is 129 Å². The normalized spacial score (nSPS) is 10.6. The van der Waals surface area contributed by atoms with Crippen LogP contribution in [0.25, 0.3) is 11.3 Å². The van der Waals surface area contributed by atoms with E-state index in [1.54, 1.807) is 17.9 Å². The van der Waals surface area contributed by atoms with Gasteiger partial charge in [0.05, 0.1) is 7.11 Å². The van der Waals surface area contributed by atoms with Gasteiger partial charge in [0.2, 0.25) is 0 Å². The molecule has 6 nitrogen and oxygen atoms in total. The van der Waals surface area contributed by atoms with Gasteiger partial charge in [-0.15, -0.1) is 5.10 Å². The molecule has 0 aliphatic rings. The smallest absolute Gasteiger partial charge is 0.358 e. The van der Waals surface area contributed by atoms with Gasteiger partial charge in [-0.1, -0.05) is 43.5 Å². The van der Waals surface area contributed by atoms with Crippen molar-refractivity contribution in [1.82, 2.24) is 15.0 Å². The van der Waals surface area contributed by atoms with E-state index >= 15 is 0 Å². The fourth-order valence-electron chi connectivity index (χ4n) is 2.36. The van der Waals surface area contributed by atoms with E-state index in [1.165, 1.54) is 0 Å². The van der Waals surface area contributed by atoms with Crippen LogP contribution in [0.15, 0.2) is 24.3 Å². The van der Waals surface area contributed by atoms with Crippen LogP contribution in [0.2, 0.25) is 0 Å². The highest BCUT2D eigenvalue weighted by atomic mass is 16.5. The van der Waals surface area contributed by atoms with E-state index in [1.807, 2.05) is 18.2 Å². The average molecular weight is 303 g/mol. The zero-order valence-electron chi connectivity index (χ0n) is 13.0. The lowest BCUT2D eigenvalue weighted by Gasteiger charge is -2.08. The van der Waals surface area contributed by atoms with Crippen LogP contribution in [0.1, 0.15) is 43.1 Å². The predicted octanol–water partition coefficient (Wildman–Crippen LogP) is 3.23. The lowest BCUT2D eigenvalue weighted by molar-refractivity contribution is 0.0691. The first-order valence-electron chi connectivity index (χ1n) is 7.48. The second-order valence-electron chi connectivity index (χ2n) is 5.11. The number of aromatic carboxylic acids is 1. The van der Waals surface area contributed by atoms with E-state index in [2.05, 4.69) is 17.2 Å². The number of benzene rings is 1. The first kappa shape index (κ1) is 16.0. The summed E-state index contributed by atoms with van der Waals surface area (Å²) >= 11 is 0. The third-order valence-corrected chi connectivity index (χ3v) is 3.50. The zero-order valence-corrected chi connectivity index (χ0v) is 13.0. The van der Waals surface area contributed by atoms with E-state index in [4.69, 9.17) is 4.74 Å². The number of nitrogens with zero attached hydrogens (tertiary/aromatic N) is 3. The average Bonchev–Trinajstić information content (AvgIpc) is 2.96. The molecule has 0 unspecified atom stereocenters. The second kappa shape index (κ2) is 7.59. The number of hydrogen-bond donors (Lipinski definition) is 1. The van der Waals surface area contributed by atoms with Crippen molar-refractivity contribution >= 4 is 5.97 Å². The Bertz CT molecular complexity index is 637. The number of methoxy groups -OCH3 is 1. The molecule has 1 N–H and O–H groups in total. The van der Waals surface area contributed by atoms with Crippen molar-refractivity contribution in [3.63, 3.8) is 0 Å². The third-order valence-electron chi connectivity index (χ3n) is 3.50. The maximum Gasteiger partial charge on any atom is 0.358 e. The molecular formula is C16H21N3O3. The summed E-state index contributed by atoms with van der Waals surface area (Å²) in [7, 11) is 1.58. The van der Waals surface area contributed by atoms with Crippen LogP contribution in [0, 0.1) is 0 Å². The minimum atomic E-state index is -1.07. The number of carboxylic acids is 1. The van der Waals surface area contributed by atoms with E-state index < -0.39 is 5.97 Å². The van der Waals surface area contributed by atoms with Gasteiger partial charge in [-0.25, -0.2) is 9.48 Å². The van der Waals surface area contributed by atoms with Crippen LogP contribution in [-0.2, 0) is 6.54 Å². The summed E-state index contributed by atoms with van der Waals surface area (Å²) in [5.41, 5.74) is 1.25. The van der Waals surface area contributed by atoms with Crippen molar-refractivity contribution < 1.29 is 14.6 Å². The Kier molecular flexibility index (Phi) is 5.52. The number of carboxylic acid groups (broad SMARTS) is 1. The van der Waals surface area contributed by atoms with Crippen molar-refractivity contribution in [3.8, 4) is 17.0 Å². The molecule has 0 saturated carbocycles. The van der Waals surface area contributed by atoms with Gasteiger partial charge in [0, 0.05) is 12.1 Å². The van der Waals surface area contributed by atoms with E-state index in [-0.39, 0.29) is 5.69 Å². The van der Waals surface area contributed by atoms with Gasteiger partial charge < -0.3 is 9.84 Å². The second-order valence-corrected chi connectivity index (χ2v) is 5.11. The van der Waals surface area contributed by atoms with E-state index in [0.29, 0.717) is 18.0 Å². The van der Waals surface area contributed by atoms with Crippen molar-refractivity contribution in [1.29, 1.82) is 0 Å². The first-order valence-corrected chi connectivity index (χ1v) is 7.48. The molecule has 0 fully saturated rings. The number of aryl methyl sites for hydroxylation is 1. The molecular weight excluding hydrogens is 282 g/mol. The summed E-state index contributed by atoms with van der Waals surface area (Å²) in [6.07, 6.45) is 4.36. The highest BCUT2D eigenvalue weighted by Crippen LogP contribution is 2.26. The molecule has 0 radical (unpaired) electrons. The Morgan fingerprint density at radius 2 is 2.14 bits per heavy atom. The standard InChI is InChI=1S/C16H21N3O3/c1-3-4-5-6-10-19-15(14(16(20)21)17-18-19)12-8-7-9-13(11-12)22-2/h7-9,11H,3-6,10H2,1-2H3,(H,20,21). The number of aromatic nitrogens is 3. The van der Waals surface area contributed by atoms with Crippen molar-refractivity contribution in [3.05, 3.63) is 30.0 Å². The molecule has 118 valence electrons. The Morgan fingerprint density at radius 3 is 2.82 bits per heavy atom. The molecule has 2 aromatic rings. The quantitative estimate of drug-likeness (QED) is 0.758. The highest BCUT2D eigenvalue weighted by Gasteiger charge is 2.20. The van der Waals surface area contributed by atoms with Gasteiger partial charge in [0.15, 0.2) is 5.69 Å². The van der Waals surface area contributed by atoms with Crippen molar-refractivity contribution in [2.24, 2.45) is 0 Å². The number of rotatable bonds is 8.